The van der Waals surface area contributed by atoms with Gasteiger partial charge in [-0.3, -0.25) is 4.79 Å². The van der Waals surface area contributed by atoms with Crippen molar-refractivity contribution in [1.82, 2.24) is 9.55 Å². The van der Waals surface area contributed by atoms with Crippen molar-refractivity contribution in [3.63, 3.8) is 0 Å². The van der Waals surface area contributed by atoms with Crippen molar-refractivity contribution >= 4 is 32.9 Å². The van der Waals surface area contributed by atoms with Crippen molar-refractivity contribution in [3.8, 4) is 0 Å². The van der Waals surface area contributed by atoms with E-state index in [-0.39, 0.29) is 6.54 Å². The minimum absolute atomic E-state index is 0.0533. The van der Waals surface area contributed by atoms with Crippen LogP contribution in [0, 0.1) is 0 Å². The van der Waals surface area contributed by atoms with Gasteiger partial charge in [0, 0.05) is 10.9 Å². The van der Waals surface area contributed by atoms with E-state index < -0.39 is 5.97 Å². The second-order valence-electron chi connectivity index (χ2n) is 3.47. The summed E-state index contributed by atoms with van der Waals surface area (Å²) in [7, 11) is 0. The van der Waals surface area contributed by atoms with E-state index in [0.29, 0.717) is 6.42 Å². The molecule has 2 aromatic rings. The Hall–Kier alpha value is -1.36. The normalized spacial score (nSPS) is 10.9. The van der Waals surface area contributed by atoms with E-state index in [9.17, 15) is 4.79 Å². The predicted octanol–water partition coefficient (Wildman–Crippen LogP) is 2.45. The number of hydrogen-bond donors (Lipinski definition) is 1. The van der Waals surface area contributed by atoms with Crippen molar-refractivity contribution in [2.45, 2.75) is 19.9 Å². The molecule has 5 heteroatoms. The smallest absolute Gasteiger partial charge is 0.323 e. The fourth-order valence-electron chi connectivity index (χ4n) is 1.77. The molecule has 0 unspecified atom stereocenters. The number of hydrogen-bond acceptors (Lipinski definition) is 2. The standard InChI is InChI=1S/C11H11BrN2O2/c1-2-9-13-8-5-3-4-7(12)11(8)14(9)6-10(15)16/h3-5H,2,6H2,1H3,(H,15,16). The zero-order valence-corrected chi connectivity index (χ0v) is 10.4. The zero-order valence-electron chi connectivity index (χ0n) is 8.77. The molecule has 0 radical (unpaired) electrons. The lowest BCUT2D eigenvalue weighted by Gasteiger charge is -2.05. The number of rotatable bonds is 3. The van der Waals surface area contributed by atoms with E-state index in [2.05, 4.69) is 20.9 Å². The van der Waals surface area contributed by atoms with E-state index in [1.807, 2.05) is 25.1 Å². The highest BCUT2D eigenvalue weighted by atomic mass is 79.9. The first kappa shape index (κ1) is 11.1. The van der Waals surface area contributed by atoms with Crippen molar-refractivity contribution in [2.24, 2.45) is 0 Å². The molecular formula is C11H11BrN2O2. The number of benzene rings is 1. The van der Waals surface area contributed by atoms with Crippen molar-refractivity contribution in [2.75, 3.05) is 0 Å². The van der Waals surface area contributed by atoms with Gasteiger partial charge in [-0.2, -0.15) is 0 Å². The Morgan fingerprint density at radius 2 is 2.31 bits per heavy atom. The molecular weight excluding hydrogens is 272 g/mol. The molecule has 0 bridgehead atoms. The van der Waals surface area contributed by atoms with Crippen molar-refractivity contribution < 1.29 is 9.90 Å². The molecule has 0 spiro atoms. The van der Waals surface area contributed by atoms with Gasteiger partial charge in [0.1, 0.15) is 12.4 Å². The van der Waals surface area contributed by atoms with Crippen LogP contribution in [0.2, 0.25) is 0 Å². The lowest BCUT2D eigenvalue weighted by Crippen LogP contribution is -2.11. The Morgan fingerprint density at radius 3 is 2.94 bits per heavy atom. The van der Waals surface area contributed by atoms with Crippen LogP contribution in [0.4, 0.5) is 0 Å². The summed E-state index contributed by atoms with van der Waals surface area (Å²) >= 11 is 3.43. The average molecular weight is 283 g/mol. The summed E-state index contributed by atoms with van der Waals surface area (Å²) in [6.45, 7) is 1.91. The zero-order chi connectivity index (χ0) is 11.7. The first-order valence-corrected chi connectivity index (χ1v) is 5.78. The van der Waals surface area contributed by atoms with Gasteiger partial charge in [-0.1, -0.05) is 13.0 Å². The number of aryl methyl sites for hydroxylation is 1. The number of halogens is 1. The summed E-state index contributed by atoms with van der Waals surface area (Å²) in [5.74, 6) is -0.0611. The van der Waals surface area contributed by atoms with Crippen LogP contribution in [-0.2, 0) is 17.8 Å². The number of fused-ring (bicyclic) bond motifs is 1. The van der Waals surface area contributed by atoms with Crippen LogP contribution >= 0.6 is 15.9 Å². The quantitative estimate of drug-likeness (QED) is 0.941. The Balaban J connectivity index is 2.70. The Kier molecular flexibility index (Phi) is 2.96. The number of carbonyl (C=O) groups is 1. The second kappa shape index (κ2) is 4.25. The number of aromatic nitrogens is 2. The van der Waals surface area contributed by atoms with E-state index in [1.165, 1.54) is 0 Å². The van der Waals surface area contributed by atoms with Crippen LogP contribution < -0.4 is 0 Å². The van der Waals surface area contributed by atoms with Gasteiger partial charge in [-0.25, -0.2) is 4.98 Å². The third kappa shape index (κ3) is 1.82. The fourth-order valence-corrected chi connectivity index (χ4v) is 2.34. The second-order valence-corrected chi connectivity index (χ2v) is 4.32. The SMILES string of the molecule is CCc1nc2cccc(Br)c2n1CC(=O)O. The number of para-hydroxylation sites is 1. The largest absolute Gasteiger partial charge is 0.480 e. The highest BCUT2D eigenvalue weighted by Crippen LogP contribution is 2.25. The number of carboxylic acid groups (broad SMARTS) is 1. The number of carboxylic acids is 1. The van der Waals surface area contributed by atoms with E-state index in [4.69, 9.17) is 5.11 Å². The molecule has 1 N–H and O–H groups in total. The van der Waals surface area contributed by atoms with Crippen LogP contribution in [0.3, 0.4) is 0 Å². The van der Waals surface area contributed by atoms with Crippen LogP contribution in [0.15, 0.2) is 22.7 Å². The Bertz CT molecular complexity index is 548. The first-order valence-electron chi connectivity index (χ1n) is 4.99. The highest BCUT2D eigenvalue weighted by Gasteiger charge is 2.13. The predicted molar refractivity (Wildman–Crippen MR) is 64.4 cm³/mol. The lowest BCUT2D eigenvalue weighted by molar-refractivity contribution is -0.137. The Labute approximate surface area is 101 Å². The van der Waals surface area contributed by atoms with Gasteiger partial charge in [-0.15, -0.1) is 0 Å². The van der Waals surface area contributed by atoms with E-state index in [0.717, 1.165) is 21.3 Å². The molecule has 84 valence electrons. The molecule has 0 aliphatic heterocycles. The van der Waals surface area contributed by atoms with Crippen molar-refractivity contribution in [1.29, 1.82) is 0 Å². The molecule has 0 atom stereocenters. The molecule has 16 heavy (non-hydrogen) atoms. The molecule has 4 nitrogen and oxygen atoms in total. The number of aliphatic carboxylic acids is 1. The monoisotopic (exact) mass is 282 g/mol. The summed E-state index contributed by atoms with van der Waals surface area (Å²) in [6, 6.07) is 5.67. The Morgan fingerprint density at radius 1 is 1.56 bits per heavy atom. The summed E-state index contributed by atoms with van der Waals surface area (Å²) < 4.78 is 2.61. The van der Waals surface area contributed by atoms with Crippen LogP contribution in [0.25, 0.3) is 11.0 Å². The molecule has 1 aromatic heterocycles. The summed E-state index contributed by atoms with van der Waals surface area (Å²) in [5.41, 5.74) is 1.68. The fraction of sp³-hybridized carbons (Fsp3) is 0.273. The lowest BCUT2D eigenvalue weighted by atomic mass is 10.3. The van der Waals surface area contributed by atoms with Gasteiger partial charge in [0.2, 0.25) is 0 Å². The van der Waals surface area contributed by atoms with Gasteiger partial charge in [0.05, 0.1) is 11.0 Å². The third-order valence-corrected chi connectivity index (χ3v) is 3.05. The van der Waals surface area contributed by atoms with Crippen LogP contribution in [0.5, 0.6) is 0 Å². The minimum Gasteiger partial charge on any atom is -0.480 e. The molecule has 0 saturated carbocycles. The number of nitrogens with zero attached hydrogens (tertiary/aromatic N) is 2. The van der Waals surface area contributed by atoms with Crippen LogP contribution in [0.1, 0.15) is 12.7 Å². The summed E-state index contributed by atoms with van der Waals surface area (Å²) in [5, 5.41) is 8.89. The topological polar surface area (TPSA) is 55.1 Å². The van der Waals surface area contributed by atoms with E-state index >= 15 is 0 Å². The highest BCUT2D eigenvalue weighted by molar-refractivity contribution is 9.10. The molecule has 1 aromatic carbocycles. The maximum Gasteiger partial charge on any atom is 0.323 e. The molecule has 0 aliphatic carbocycles. The molecule has 0 saturated heterocycles. The average Bonchev–Trinajstić information content (AvgIpc) is 2.57. The molecule has 0 fully saturated rings. The van der Waals surface area contributed by atoms with Gasteiger partial charge >= 0.3 is 5.97 Å². The minimum atomic E-state index is -0.857. The van der Waals surface area contributed by atoms with Crippen LogP contribution in [-0.4, -0.2) is 20.6 Å². The summed E-state index contributed by atoms with van der Waals surface area (Å²) in [6.07, 6.45) is 0.717. The number of imidazole rings is 1. The van der Waals surface area contributed by atoms with Gasteiger partial charge < -0.3 is 9.67 Å². The third-order valence-electron chi connectivity index (χ3n) is 2.41. The van der Waals surface area contributed by atoms with Gasteiger partial charge in [-0.05, 0) is 28.1 Å². The molecule has 0 amide bonds. The van der Waals surface area contributed by atoms with Gasteiger partial charge in [0.25, 0.3) is 0 Å². The molecule has 2 rings (SSSR count). The first-order chi connectivity index (χ1) is 7.63. The van der Waals surface area contributed by atoms with E-state index in [1.54, 1.807) is 4.57 Å². The molecule has 1 heterocycles. The maximum atomic E-state index is 10.8. The van der Waals surface area contributed by atoms with Gasteiger partial charge in [0.15, 0.2) is 0 Å². The molecule has 0 aliphatic rings. The van der Waals surface area contributed by atoms with Crippen molar-refractivity contribution in [3.05, 3.63) is 28.5 Å². The maximum absolute atomic E-state index is 10.8. The summed E-state index contributed by atoms with van der Waals surface area (Å²) in [4.78, 5) is 15.2.